The van der Waals surface area contributed by atoms with E-state index in [-0.39, 0.29) is 17.9 Å². The van der Waals surface area contributed by atoms with Crippen molar-refractivity contribution in [3.05, 3.63) is 52.2 Å². The third-order valence-corrected chi connectivity index (χ3v) is 4.08. The average molecular weight is 360 g/mol. The van der Waals surface area contributed by atoms with Crippen LogP contribution in [-0.4, -0.2) is 29.9 Å². The van der Waals surface area contributed by atoms with Crippen molar-refractivity contribution in [2.75, 3.05) is 5.32 Å². The Morgan fingerprint density at radius 3 is 2.28 bits per heavy atom. The smallest absolute Gasteiger partial charge is 0.338 e. The average Bonchev–Trinajstić information content (AvgIpc) is 3.09. The first-order chi connectivity index (χ1) is 11.9. The summed E-state index contributed by atoms with van der Waals surface area (Å²) in [4.78, 5) is 36.4. The highest BCUT2D eigenvalue weighted by atomic mass is 32.1. The molecule has 6 nitrogen and oxygen atoms in total. The van der Waals surface area contributed by atoms with Crippen molar-refractivity contribution in [2.45, 2.75) is 32.9 Å². The molecule has 1 unspecified atom stereocenters. The number of anilines is 1. The van der Waals surface area contributed by atoms with Gasteiger partial charge in [0.15, 0.2) is 6.10 Å². The molecular weight excluding hydrogens is 340 g/mol. The van der Waals surface area contributed by atoms with Gasteiger partial charge in [0.2, 0.25) is 0 Å². The van der Waals surface area contributed by atoms with Crippen LogP contribution in [0.1, 0.15) is 40.8 Å². The van der Waals surface area contributed by atoms with Gasteiger partial charge in [-0.2, -0.15) is 0 Å². The number of hydrogen-bond donors (Lipinski definition) is 2. The third-order valence-electron chi connectivity index (χ3n) is 3.21. The summed E-state index contributed by atoms with van der Waals surface area (Å²) in [5.74, 6) is -1.14. The first-order valence-corrected chi connectivity index (χ1v) is 8.71. The maximum Gasteiger partial charge on any atom is 0.338 e. The van der Waals surface area contributed by atoms with E-state index in [1.807, 2.05) is 19.2 Å². The molecule has 0 saturated carbocycles. The van der Waals surface area contributed by atoms with Crippen LogP contribution in [0.5, 0.6) is 0 Å². The lowest BCUT2D eigenvalue weighted by Crippen LogP contribution is -2.39. The Balaban J connectivity index is 1.93. The maximum atomic E-state index is 12.1. The molecule has 0 aliphatic rings. The molecule has 2 aromatic rings. The van der Waals surface area contributed by atoms with Gasteiger partial charge in [-0.1, -0.05) is 6.07 Å². The van der Waals surface area contributed by atoms with Crippen LogP contribution in [-0.2, 0) is 9.53 Å². The van der Waals surface area contributed by atoms with Crippen LogP contribution < -0.4 is 10.6 Å². The van der Waals surface area contributed by atoms with E-state index in [4.69, 9.17) is 4.74 Å². The fraction of sp³-hybridized carbons (Fsp3) is 0.278. The monoisotopic (exact) mass is 360 g/mol. The van der Waals surface area contributed by atoms with Crippen molar-refractivity contribution in [1.82, 2.24) is 5.32 Å². The Labute approximate surface area is 150 Å². The summed E-state index contributed by atoms with van der Waals surface area (Å²) < 4.78 is 5.14. The largest absolute Gasteiger partial charge is 0.449 e. The molecule has 132 valence electrons. The van der Waals surface area contributed by atoms with Gasteiger partial charge in [-0.05, 0) is 56.5 Å². The summed E-state index contributed by atoms with van der Waals surface area (Å²) in [5.41, 5.74) is 0.874. The van der Waals surface area contributed by atoms with Gasteiger partial charge in [-0.3, -0.25) is 9.59 Å². The van der Waals surface area contributed by atoms with Gasteiger partial charge in [0.05, 0.1) is 10.4 Å². The molecule has 1 aromatic carbocycles. The Morgan fingerprint density at radius 1 is 1.04 bits per heavy atom. The summed E-state index contributed by atoms with van der Waals surface area (Å²) in [6.45, 7) is 5.18. The first-order valence-electron chi connectivity index (χ1n) is 7.83. The zero-order valence-electron chi connectivity index (χ0n) is 14.2. The summed E-state index contributed by atoms with van der Waals surface area (Å²) in [5, 5.41) is 7.25. The van der Waals surface area contributed by atoms with E-state index in [1.165, 1.54) is 18.3 Å². The van der Waals surface area contributed by atoms with E-state index in [0.717, 1.165) is 0 Å². The van der Waals surface area contributed by atoms with Crippen molar-refractivity contribution >= 4 is 34.8 Å². The van der Waals surface area contributed by atoms with Crippen molar-refractivity contribution in [1.29, 1.82) is 0 Å². The molecule has 2 amide bonds. The van der Waals surface area contributed by atoms with Crippen LogP contribution in [0.25, 0.3) is 0 Å². The standard InChI is InChI=1S/C18H20N2O4S/c1-11(2)19-16(21)12(3)24-18(23)13-6-8-14(9-7-13)20-17(22)15-5-4-10-25-15/h4-12H,1-3H3,(H,19,21)(H,20,22). The highest BCUT2D eigenvalue weighted by molar-refractivity contribution is 7.12. The zero-order chi connectivity index (χ0) is 18.4. The second-order valence-corrected chi connectivity index (χ2v) is 6.67. The third kappa shape index (κ3) is 5.42. The first kappa shape index (κ1) is 18.7. The highest BCUT2D eigenvalue weighted by Gasteiger charge is 2.19. The number of carbonyl (C=O) groups is 3. The van der Waals surface area contributed by atoms with E-state index in [0.29, 0.717) is 16.1 Å². The number of benzene rings is 1. The molecule has 2 rings (SSSR count). The van der Waals surface area contributed by atoms with Crippen molar-refractivity contribution in [3.63, 3.8) is 0 Å². The lowest BCUT2D eigenvalue weighted by atomic mass is 10.2. The number of hydrogen-bond acceptors (Lipinski definition) is 5. The topological polar surface area (TPSA) is 84.5 Å². The second-order valence-electron chi connectivity index (χ2n) is 5.72. The molecule has 2 N–H and O–H groups in total. The molecular formula is C18H20N2O4S. The number of amides is 2. The predicted octanol–water partition coefficient (Wildman–Crippen LogP) is 3.07. The molecule has 0 radical (unpaired) electrons. The van der Waals surface area contributed by atoms with Crippen LogP contribution in [0.2, 0.25) is 0 Å². The molecule has 0 aliphatic carbocycles. The summed E-state index contributed by atoms with van der Waals surface area (Å²) in [6, 6.07) is 9.81. The SMILES string of the molecule is CC(C)NC(=O)C(C)OC(=O)c1ccc(NC(=O)c2cccs2)cc1. The van der Waals surface area contributed by atoms with Gasteiger partial charge < -0.3 is 15.4 Å². The number of esters is 1. The molecule has 0 bridgehead atoms. The minimum atomic E-state index is -0.881. The number of ether oxygens (including phenoxy) is 1. The molecule has 0 spiro atoms. The lowest BCUT2D eigenvalue weighted by Gasteiger charge is -2.15. The minimum absolute atomic E-state index is 0.0279. The van der Waals surface area contributed by atoms with E-state index in [9.17, 15) is 14.4 Å². The van der Waals surface area contributed by atoms with Crippen molar-refractivity contribution < 1.29 is 19.1 Å². The minimum Gasteiger partial charge on any atom is -0.449 e. The highest BCUT2D eigenvalue weighted by Crippen LogP contribution is 2.15. The van der Waals surface area contributed by atoms with Crippen LogP contribution >= 0.6 is 11.3 Å². The number of thiophene rings is 1. The van der Waals surface area contributed by atoms with E-state index >= 15 is 0 Å². The summed E-state index contributed by atoms with van der Waals surface area (Å²) in [7, 11) is 0. The predicted molar refractivity (Wildman–Crippen MR) is 96.9 cm³/mol. The van der Waals surface area contributed by atoms with Gasteiger partial charge >= 0.3 is 5.97 Å². The molecule has 0 fully saturated rings. The van der Waals surface area contributed by atoms with Crippen molar-refractivity contribution in [2.24, 2.45) is 0 Å². The molecule has 7 heteroatoms. The van der Waals surface area contributed by atoms with Crippen LogP contribution in [0.4, 0.5) is 5.69 Å². The van der Waals surface area contributed by atoms with Gasteiger partial charge in [0, 0.05) is 11.7 Å². The summed E-state index contributed by atoms with van der Waals surface area (Å²) in [6.07, 6.45) is -0.881. The van der Waals surface area contributed by atoms with Gasteiger partial charge in [-0.15, -0.1) is 11.3 Å². The molecule has 1 heterocycles. The number of nitrogens with one attached hydrogen (secondary N) is 2. The Hall–Kier alpha value is -2.67. The quantitative estimate of drug-likeness (QED) is 0.776. The van der Waals surface area contributed by atoms with Gasteiger partial charge in [-0.25, -0.2) is 4.79 Å². The Kier molecular flexibility index (Phi) is 6.30. The summed E-state index contributed by atoms with van der Waals surface area (Å²) >= 11 is 1.35. The van der Waals surface area contributed by atoms with E-state index in [1.54, 1.807) is 36.4 Å². The lowest BCUT2D eigenvalue weighted by molar-refractivity contribution is -0.129. The molecule has 1 aromatic heterocycles. The van der Waals surface area contributed by atoms with Crippen LogP contribution in [0, 0.1) is 0 Å². The maximum absolute atomic E-state index is 12.1. The fourth-order valence-electron chi connectivity index (χ4n) is 1.97. The van der Waals surface area contributed by atoms with E-state index in [2.05, 4.69) is 10.6 Å². The number of rotatable bonds is 6. The van der Waals surface area contributed by atoms with Crippen molar-refractivity contribution in [3.8, 4) is 0 Å². The second kappa shape index (κ2) is 8.43. The normalized spacial score (nSPS) is 11.7. The zero-order valence-corrected chi connectivity index (χ0v) is 15.1. The Bertz CT molecular complexity index is 739. The van der Waals surface area contributed by atoms with Crippen LogP contribution in [0.3, 0.4) is 0 Å². The van der Waals surface area contributed by atoms with Gasteiger partial charge in [0.25, 0.3) is 11.8 Å². The van der Waals surface area contributed by atoms with Gasteiger partial charge in [0.1, 0.15) is 0 Å². The molecule has 0 aliphatic heterocycles. The Morgan fingerprint density at radius 2 is 1.72 bits per heavy atom. The molecule has 25 heavy (non-hydrogen) atoms. The van der Waals surface area contributed by atoms with Crippen LogP contribution in [0.15, 0.2) is 41.8 Å². The molecule has 0 saturated heterocycles. The fourth-order valence-corrected chi connectivity index (χ4v) is 2.59. The molecule has 1 atom stereocenters. The number of carbonyl (C=O) groups excluding carboxylic acids is 3. The van der Waals surface area contributed by atoms with E-state index < -0.39 is 12.1 Å².